The number of carboxylic acid groups (broad SMARTS) is 1. The monoisotopic (exact) mass is 468 g/mol. The van der Waals surface area contributed by atoms with Crippen LogP contribution >= 0.6 is 11.8 Å². The van der Waals surface area contributed by atoms with Crippen molar-refractivity contribution < 1.29 is 24.2 Å². The van der Waals surface area contributed by atoms with Crippen LogP contribution in [-0.2, 0) is 14.3 Å². The number of ether oxygens (including phenoxy) is 1. The molecule has 1 atom stereocenters. The fourth-order valence-electron chi connectivity index (χ4n) is 4.58. The molecule has 1 aliphatic carbocycles. The molecule has 0 spiro atoms. The molecule has 4 rings (SSSR count). The highest BCUT2D eigenvalue weighted by Gasteiger charge is 2.48. The number of nitrogens with zero attached hydrogens (tertiary/aromatic N) is 1. The van der Waals surface area contributed by atoms with Crippen molar-refractivity contribution in [3.8, 4) is 11.1 Å². The number of benzene rings is 2. The molecule has 0 radical (unpaired) electrons. The highest BCUT2D eigenvalue weighted by atomic mass is 32.2. The van der Waals surface area contributed by atoms with Crippen LogP contribution in [0.15, 0.2) is 48.5 Å². The number of amides is 2. The molecule has 1 saturated heterocycles. The lowest BCUT2D eigenvalue weighted by Gasteiger charge is -2.46. The van der Waals surface area contributed by atoms with Gasteiger partial charge in [0.05, 0.1) is 5.41 Å². The van der Waals surface area contributed by atoms with Crippen LogP contribution in [0.25, 0.3) is 11.1 Å². The van der Waals surface area contributed by atoms with Crippen LogP contribution in [0.5, 0.6) is 0 Å². The Kier molecular flexibility index (Phi) is 6.65. The van der Waals surface area contributed by atoms with Gasteiger partial charge in [-0.25, -0.2) is 4.79 Å². The topological polar surface area (TPSA) is 95.9 Å². The van der Waals surface area contributed by atoms with Crippen LogP contribution in [0.4, 0.5) is 4.79 Å². The number of likely N-dealkylation sites (tertiary alicyclic amines) is 1. The lowest BCUT2D eigenvalue weighted by molar-refractivity contribution is -0.164. The Balaban J connectivity index is 1.39. The second-order valence-electron chi connectivity index (χ2n) is 8.86. The van der Waals surface area contributed by atoms with Gasteiger partial charge in [0.2, 0.25) is 5.91 Å². The summed E-state index contributed by atoms with van der Waals surface area (Å²) in [5.41, 5.74) is 3.61. The maximum absolute atomic E-state index is 12.9. The zero-order valence-corrected chi connectivity index (χ0v) is 19.6. The number of carbonyl (C=O) groups excluding carboxylic acids is 2. The van der Waals surface area contributed by atoms with E-state index >= 15 is 0 Å². The Bertz CT molecular complexity index is 1020. The lowest BCUT2D eigenvalue weighted by atomic mass is 9.81. The molecule has 0 saturated carbocycles. The molecule has 2 N–H and O–H groups in total. The molecule has 174 valence electrons. The molecule has 8 heteroatoms. The van der Waals surface area contributed by atoms with E-state index in [-0.39, 0.29) is 31.5 Å². The van der Waals surface area contributed by atoms with Crippen LogP contribution in [0, 0.1) is 5.41 Å². The predicted molar refractivity (Wildman–Crippen MR) is 127 cm³/mol. The van der Waals surface area contributed by atoms with Crippen LogP contribution in [0.1, 0.15) is 30.4 Å². The Morgan fingerprint density at radius 3 is 2.24 bits per heavy atom. The van der Waals surface area contributed by atoms with E-state index in [2.05, 4.69) is 29.6 Å². The summed E-state index contributed by atoms with van der Waals surface area (Å²) in [5.74, 6) is -0.562. The molecule has 0 aromatic heterocycles. The fraction of sp³-hybridized carbons (Fsp3) is 0.400. The fourth-order valence-corrected chi connectivity index (χ4v) is 5.05. The lowest BCUT2D eigenvalue weighted by Crippen LogP contribution is -2.64. The summed E-state index contributed by atoms with van der Waals surface area (Å²) in [7, 11) is 0. The SMILES string of the molecule is CSCCC(NC(=O)OCC1c2ccccc2-c2ccccc21)C(=O)N1CC(C)(C(=O)O)C1. The number of thioether (sulfide) groups is 1. The van der Waals surface area contributed by atoms with Crippen LogP contribution in [-0.4, -0.2) is 65.7 Å². The summed E-state index contributed by atoms with van der Waals surface area (Å²) in [6.45, 7) is 2.08. The third kappa shape index (κ3) is 4.57. The summed E-state index contributed by atoms with van der Waals surface area (Å²) in [4.78, 5) is 38.4. The number of rotatable bonds is 8. The van der Waals surface area contributed by atoms with Crippen LogP contribution in [0.2, 0.25) is 0 Å². The molecule has 33 heavy (non-hydrogen) atoms. The smallest absolute Gasteiger partial charge is 0.407 e. The summed E-state index contributed by atoms with van der Waals surface area (Å²) in [6, 6.07) is 15.5. The minimum absolute atomic E-state index is 0.0600. The third-order valence-electron chi connectivity index (χ3n) is 6.45. The Morgan fingerprint density at radius 2 is 1.70 bits per heavy atom. The van der Waals surface area contributed by atoms with Gasteiger partial charge in [-0.1, -0.05) is 48.5 Å². The van der Waals surface area contributed by atoms with E-state index in [4.69, 9.17) is 4.74 Å². The standard InChI is InChI=1S/C25H28N2O5S/c1-25(23(29)30)14-27(15-25)22(28)21(11-12-33-2)26-24(31)32-13-20-18-9-5-3-7-16(18)17-8-4-6-10-19(17)20/h3-10,20-21H,11-15H2,1-2H3,(H,26,31)(H,29,30). The van der Waals surface area contributed by atoms with Crippen molar-refractivity contribution >= 4 is 29.7 Å². The molecular weight excluding hydrogens is 440 g/mol. The van der Waals surface area contributed by atoms with Crippen molar-refractivity contribution in [2.75, 3.05) is 31.7 Å². The Labute approximate surface area is 197 Å². The van der Waals surface area contributed by atoms with Gasteiger partial charge in [-0.05, 0) is 47.6 Å². The first kappa shape index (κ1) is 23.2. The van der Waals surface area contributed by atoms with Gasteiger partial charge in [-0.2, -0.15) is 11.8 Å². The minimum atomic E-state index is -0.927. The highest BCUT2D eigenvalue weighted by Crippen LogP contribution is 2.44. The number of carboxylic acids is 1. The molecule has 1 aliphatic heterocycles. The van der Waals surface area contributed by atoms with Crippen molar-refractivity contribution in [1.82, 2.24) is 10.2 Å². The maximum atomic E-state index is 12.9. The Hall–Kier alpha value is -3.00. The van der Waals surface area contributed by atoms with E-state index in [1.807, 2.05) is 30.5 Å². The zero-order valence-electron chi connectivity index (χ0n) is 18.7. The number of carbonyl (C=O) groups is 3. The van der Waals surface area contributed by atoms with E-state index in [0.29, 0.717) is 12.2 Å². The van der Waals surface area contributed by atoms with Crippen molar-refractivity contribution in [3.63, 3.8) is 0 Å². The molecule has 1 fully saturated rings. The first-order chi connectivity index (χ1) is 15.8. The predicted octanol–water partition coefficient (Wildman–Crippen LogP) is 3.58. The van der Waals surface area contributed by atoms with Crippen LogP contribution in [0.3, 0.4) is 0 Å². The van der Waals surface area contributed by atoms with E-state index in [9.17, 15) is 19.5 Å². The molecule has 1 heterocycles. The minimum Gasteiger partial charge on any atom is -0.481 e. The quantitative estimate of drug-likeness (QED) is 0.615. The van der Waals surface area contributed by atoms with Gasteiger partial charge < -0.3 is 20.1 Å². The Morgan fingerprint density at radius 1 is 1.12 bits per heavy atom. The van der Waals surface area contributed by atoms with Crippen molar-refractivity contribution in [3.05, 3.63) is 59.7 Å². The van der Waals surface area contributed by atoms with Gasteiger partial charge in [0, 0.05) is 19.0 Å². The summed E-state index contributed by atoms with van der Waals surface area (Å²) < 4.78 is 5.59. The summed E-state index contributed by atoms with van der Waals surface area (Å²) >= 11 is 1.58. The van der Waals surface area contributed by atoms with Crippen molar-refractivity contribution in [2.24, 2.45) is 5.41 Å². The second kappa shape index (κ2) is 9.47. The van der Waals surface area contributed by atoms with Gasteiger partial charge in [0.1, 0.15) is 12.6 Å². The molecule has 2 aromatic rings. The number of hydrogen-bond donors (Lipinski definition) is 2. The average Bonchev–Trinajstić information content (AvgIpc) is 3.11. The average molecular weight is 469 g/mol. The number of alkyl carbamates (subject to hydrolysis) is 1. The largest absolute Gasteiger partial charge is 0.481 e. The maximum Gasteiger partial charge on any atom is 0.407 e. The first-order valence-electron chi connectivity index (χ1n) is 11.0. The molecule has 0 bridgehead atoms. The highest BCUT2D eigenvalue weighted by molar-refractivity contribution is 7.98. The molecule has 2 aliphatic rings. The van der Waals surface area contributed by atoms with E-state index in [1.54, 1.807) is 18.7 Å². The third-order valence-corrected chi connectivity index (χ3v) is 7.10. The molecule has 1 unspecified atom stereocenters. The molecule has 7 nitrogen and oxygen atoms in total. The summed E-state index contributed by atoms with van der Waals surface area (Å²) in [5, 5.41) is 12.0. The van der Waals surface area contributed by atoms with Gasteiger partial charge in [-0.15, -0.1) is 0 Å². The number of nitrogens with one attached hydrogen (secondary N) is 1. The van der Waals surface area contributed by atoms with Gasteiger partial charge in [0.15, 0.2) is 0 Å². The van der Waals surface area contributed by atoms with Crippen molar-refractivity contribution in [1.29, 1.82) is 0 Å². The van der Waals surface area contributed by atoms with Gasteiger partial charge >= 0.3 is 12.1 Å². The normalized spacial score (nSPS) is 16.8. The molecule has 2 aromatic carbocycles. The van der Waals surface area contributed by atoms with Crippen molar-refractivity contribution in [2.45, 2.75) is 25.3 Å². The number of aliphatic carboxylic acids is 1. The van der Waals surface area contributed by atoms with E-state index in [1.165, 1.54) is 4.90 Å². The second-order valence-corrected chi connectivity index (χ2v) is 9.85. The van der Waals surface area contributed by atoms with Crippen LogP contribution < -0.4 is 5.32 Å². The summed E-state index contributed by atoms with van der Waals surface area (Å²) in [6.07, 6.45) is 1.74. The van der Waals surface area contributed by atoms with Gasteiger partial charge in [-0.3, -0.25) is 9.59 Å². The van der Waals surface area contributed by atoms with E-state index < -0.39 is 23.5 Å². The van der Waals surface area contributed by atoms with Gasteiger partial charge in [0.25, 0.3) is 0 Å². The zero-order chi connectivity index (χ0) is 23.6. The first-order valence-corrected chi connectivity index (χ1v) is 12.4. The van der Waals surface area contributed by atoms with E-state index in [0.717, 1.165) is 22.3 Å². The molecule has 2 amide bonds. The number of fused-ring (bicyclic) bond motifs is 3. The number of hydrogen-bond acceptors (Lipinski definition) is 5. The molecular formula is C25H28N2O5S.